The number of rotatable bonds is 6. The highest BCUT2D eigenvalue weighted by molar-refractivity contribution is 6.03. The van der Waals surface area contributed by atoms with Gasteiger partial charge in [0.05, 0.1) is 5.56 Å². The lowest BCUT2D eigenvalue weighted by molar-refractivity contribution is 0.0218. The van der Waals surface area contributed by atoms with Crippen LogP contribution in [0.15, 0.2) is 30.3 Å². The Morgan fingerprint density at radius 3 is 1.79 bits per heavy atom. The molecule has 0 saturated carbocycles. The number of Topliss-reactive ketones (excluding diaryl/α,β-unsaturated/α-hetero) is 1. The van der Waals surface area contributed by atoms with Gasteiger partial charge in [0.25, 0.3) is 0 Å². The van der Waals surface area contributed by atoms with E-state index in [1.807, 2.05) is 13.8 Å². The molecule has 0 radical (unpaired) electrons. The van der Waals surface area contributed by atoms with E-state index in [2.05, 4.69) is 0 Å². The summed E-state index contributed by atoms with van der Waals surface area (Å²) in [6.07, 6.45) is 2.57. The van der Waals surface area contributed by atoms with Crippen LogP contribution in [-0.4, -0.2) is 32.1 Å². The van der Waals surface area contributed by atoms with Gasteiger partial charge in [-0.25, -0.2) is 0 Å². The Morgan fingerprint density at radius 2 is 1.32 bits per heavy atom. The van der Waals surface area contributed by atoms with Gasteiger partial charge in [0.2, 0.25) is 5.78 Å². The van der Waals surface area contributed by atoms with Gasteiger partial charge in [-0.05, 0) is 37.1 Å². The van der Waals surface area contributed by atoms with Crippen LogP contribution in [0.3, 0.4) is 0 Å². The molecule has 2 rings (SSSR count). The molecule has 2 aromatic rings. The normalized spacial score (nSPS) is 10.9. The zero-order valence-corrected chi connectivity index (χ0v) is 16.2. The molecule has 4 N–H and O–H groups in total. The van der Waals surface area contributed by atoms with E-state index in [4.69, 9.17) is 0 Å². The van der Waals surface area contributed by atoms with Crippen LogP contribution in [0.4, 0.5) is 8.78 Å². The van der Waals surface area contributed by atoms with Crippen molar-refractivity contribution in [3.63, 3.8) is 0 Å². The van der Waals surface area contributed by atoms with E-state index in [-0.39, 0.29) is 22.8 Å². The first-order valence-electron chi connectivity index (χ1n) is 9.00. The van der Waals surface area contributed by atoms with Gasteiger partial charge in [0.1, 0.15) is 23.0 Å². The van der Waals surface area contributed by atoms with Crippen LogP contribution in [0, 0.1) is 0 Å². The van der Waals surface area contributed by atoms with Crippen molar-refractivity contribution in [3.05, 3.63) is 47.0 Å². The summed E-state index contributed by atoms with van der Waals surface area (Å²) in [6, 6.07) is 6.95. The van der Waals surface area contributed by atoms with Gasteiger partial charge in [0.15, 0.2) is 0 Å². The summed E-state index contributed by atoms with van der Waals surface area (Å²) in [4.78, 5) is 11.4. The van der Waals surface area contributed by atoms with Crippen LogP contribution in [-0.2, 0) is 12.8 Å². The molecule has 2 aromatic carbocycles. The molecule has 0 aliphatic carbocycles. The van der Waals surface area contributed by atoms with Crippen LogP contribution < -0.4 is 0 Å². The fraction of sp³-hybridized carbons (Fsp3) is 0.381. The van der Waals surface area contributed by atoms with Crippen molar-refractivity contribution in [1.82, 2.24) is 0 Å². The number of alkyl halides is 2. The van der Waals surface area contributed by atoms with Gasteiger partial charge < -0.3 is 20.4 Å². The Morgan fingerprint density at radius 1 is 0.857 bits per heavy atom. The largest absolute Gasteiger partial charge is 0.508 e. The summed E-state index contributed by atoms with van der Waals surface area (Å²) in [5.74, 6) is -5.37. The molecule has 0 aromatic heterocycles. The summed E-state index contributed by atoms with van der Waals surface area (Å²) >= 11 is 0. The number of benzene rings is 2. The minimum Gasteiger partial charge on any atom is -0.508 e. The molecule has 0 fully saturated rings. The highest BCUT2D eigenvalue weighted by Gasteiger charge is 2.35. The van der Waals surface area contributed by atoms with E-state index in [0.29, 0.717) is 25.3 Å². The van der Waals surface area contributed by atoms with E-state index >= 15 is 0 Å². The SMILES string of the molecule is CCCc1c(O)ccc(C(=O)C(C)(F)F)c1O.CCCc1c(O)cccc1O. The number of carbonyl (C=O) groups excluding carboxylic acids is 1. The summed E-state index contributed by atoms with van der Waals surface area (Å²) < 4.78 is 25.8. The fourth-order valence-electron chi connectivity index (χ4n) is 2.61. The molecule has 0 heterocycles. The predicted octanol–water partition coefficient (Wildman–Crippen LogP) is 4.94. The first kappa shape index (κ1) is 23.2. The molecular formula is C21H26F2O5. The van der Waals surface area contributed by atoms with Gasteiger partial charge in [-0.2, -0.15) is 8.78 Å². The van der Waals surface area contributed by atoms with E-state index < -0.39 is 23.0 Å². The van der Waals surface area contributed by atoms with E-state index in [1.165, 1.54) is 0 Å². The first-order chi connectivity index (χ1) is 13.0. The highest BCUT2D eigenvalue weighted by atomic mass is 19.3. The lowest BCUT2D eigenvalue weighted by Crippen LogP contribution is -2.24. The van der Waals surface area contributed by atoms with Crippen molar-refractivity contribution in [2.45, 2.75) is 52.4 Å². The van der Waals surface area contributed by atoms with Crippen molar-refractivity contribution in [2.75, 3.05) is 0 Å². The summed E-state index contributed by atoms with van der Waals surface area (Å²) in [5, 5.41) is 37.7. The molecule has 0 unspecified atom stereocenters. The second-order valence-corrected chi connectivity index (χ2v) is 6.45. The van der Waals surface area contributed by atoms with Crippen molar-refractivity contribution >= 4 is 5.78 Å². The molecule has 0 spiro atoms. The number of halogens is 2. The molecule has 154 valence electrons. The zero-order valence-electron chi connectivity index (χ0n) is 16.2. The van der Waals surface area contributed by atoms with E-state index in [0.717, 1.165) is 25.0 Å². The standard InChI is InChI=1S/C12H14F2O3.C9H12O2/c1-3-4-7-9(15)6-5-8(10(7)16)11(17)12(2,13)14;1-2-4-7-8(10)5-3-6-9(7)11/h5-6,15-16H,3-4H2,1-2H3;3,5-6,10-11H,2,4H2,1H3. The van der Waals surface area contributed by atoms with E-state index in [1.54, 1.807) is 18.2 Å². The van der Waals surface area contributed by atoms with Crippen molar-refractivity contribution < 1.29 is 34.0 Å². The van der Waals surface area contributed by atoms with Crippen LogP contribution in [0.2, 0.25) is 0 Å². The quantitative estimate of drug-likeness (QED) is 0.519. The second kappa shape index (κ2) is 9.92. The molecular weight excluding hydrogens is 370 g/mol. The molecule has 0 saturated heterocycles. The minimum atomic E-state index is -3.54. The minimum absolute atomic E-state index is 0.127. The Balaban J connectivity index is 0.000000307. The third kappa shape index (κ3) is 5.84. The molecule has 0 bridgehead atoms. The number of hydrogen-bond donors (Lipinski definition) is 4. The van der Waals surface area contributed by atoms with Gasteiger partial charge in [-0.3, -0.25) is 4.79 Å². The molecule has 7 heteroatoms. The second-order valence-electron chi connectivity index (χ2n) is 6.45. The van der Waals surface area contributed by atoms with Gasteiger partial charge >= 0.3 is 5.92 Å². The van der Waals surface area contributed by atoms with Crippen molar-refractivity contribution in [3.8, 4) is 23.0 Å². The van der Waals surface area contributed by atoms with Crippen LogP contribution in [0.5, 0.6) is 23.0 Å². The summed E-state index contributed by atoms with van der Waals surface area (Å²) in [5.41, 5.74) is 0.316. The Bertz CT molecular complexity index is 793. The molecule has 0 aliphatic heterocycles. The topological polar surface area (TPSA) is 98.0 Å². The Hall–Kier alpha value is -2.83. The molecule has 0 amide bonds. The number of ketones is 1. The average molecular weight is 396 g/mol. The number of aromatic hydroxyl groups is 4. The molecule has 0 atom stereocenters. The number of carbonyl (C=O) groups is 1. The zero-order chi connectivity index (χ0) is 21.5. The van der Waals surface area contributed by atoms with Crippen molar-refractivity contribution in [2.24, 2.45) is 0 Å². The van der Waals surface area contributed by atoms with Crippen LogP contribution >= 0.6 is 0 Å². The maximum absolute atomic E-state index is 12.9. The van der Waals surface area contributed by atoms with Crippen LogP contribution in [0.25, 0.3) is 0 Å². The lowest BCUT2D eigenvalue weighted by Gasteiger charge is -2.13. The molecule has 5 nitrogen and oxygen atoms in total. The van der Waals surface area contributed by atoms with E-state index in [9.17, 15) is 34.0 Å². The average Bonchev–Trinajstić information content (AvgIpc) is 2.61. The lowest BCUT2D eigenvalue weighted by atomic mass is 9.99. The highest BCUT2D eigenvalue weighted by Crippen LogP contribution is 2.34. The molecule has 0 aliphatic rings. The third-order valence-electron chi connectivity index (χ3n) is 4.03. The maximum Gasteiger partial charge on any atom is 0.307 e. The van der Waals surface area contributed by atoms with Crippen molar-refractivity contribution in [1.29, 1.82) is 0 Å². The first-order valence-corrected chi connectivity index (χ1v) is 9.00. The number of hydrogen-bond acceptors (Lipinski definition) is 5. The Kier molecular flexibility index (Phi) is 8.22. The van der Waals surface area contributed by atoms with Gasteiger partial charge in [0, 0.05) is 18.1 Å². The summed E-state index contributed by atoms with van der Waals surface area (Å²) in [7, 11) is 0. The fourth-order valence-corrected chi connectivity index (χ4v) is 2.61. The number of phenolic OH excluding ortho intramolecular Hbond substituents is 4. The predicted molar refractivity (Wildman–Crippen MR) is 102 cm³/mol. The smallest absolute Gasteiger partial charge is 0.307 e. The third-order valence-corrected chi connectivity index (χ3v) is 4.03. The maximum atomic E-state index is 12.9. The number of phenols is 4. The Labute approximate surface area is 162 Å². The summed E-state index contributed by atoms with van der Waals surface area (Å²) in [6.45, 7) is 4.29. The van der Waals surface area contributed by atoms with Gasteiger partial charge in [-0.15, -0.1) is 0 Å². The monoisotopic (exact) mass is 396 g/mol. The molecule has 28 heavy (non-hydrogen) atoms. The van der Waals surface area contributed by atoms with Gasteiger partial charge in [-0.1, -0.05) is 32.8 Å². The van der Waals surface area contributed by atoms with Crippen LogP contribution in [0.1, 0.15) is 55.1 Å².